The van der Waals surface area contributed by atoms with E-state index in [2.05, 4.69) is 0 Å². The molecule has 0 bridgehead atoms. The second-order valence-electron chi connectivity index (χ2n) is 1.46. The van der Waals surface area contributed by atoms with Gasteiger partial charge in [0.1, 0.15) is 0 Å². The van der Waals surface area contributed by atoms with Gasteiger partial charge < -0.3 is 5.11 Å². The fourth-order valence-corrected chi connectivity index (χ4v) is 0.290. The summed E-state index contributed by atoms with van der Waals surface area (Å²) >= 11 is 0. The fourth-order valence-electron chi connectivity index (χ4n) is 0.290. The zero-order chi connectivity index (χ0) is 6.41. The Balaban J connectivity index is 3.40. The van der Waals surface area contributed by atoms with Crippen LogP contribution in [-0.4, -0.2) is 11.2 Å². The van der Waals surface area contributed by atoms with Crippen LogP contribution in [0.1, 0.15) is 13.3 Å². The Morgan fingerprint density at radius 3 is 2.88 bits per heavy atom. The molecule has 0 rings (SSSR count). The smallest absolute Gasteiger partial charge is 0.0909 e. The summed E-state index contributed by atoms with van der Waals surface area (Å²) in [7, 11) is 0. The van der Waals surface area contributed by atoms with Gasteiger partial charge in [-0.15, -0.1) is 0 Å². The van der Waals surface area contributed by atoms with Gasteiger partial charge in [-0.2, -0.15) is 5.26 Å². The van der Waals surface area contributed by atoms with Gasteiger partial charge in [-0.3, -0.25) is 0 Å². The summed E-state index contributed by atoms with van der Waals surface area (Å²) in [5.41, 5.74) is 0. The third-order valence-electron chi connectivity index (χ3n) is 0.811. The van der Waals surface area contributed by atoms with E-state index in [1.807, 2.05) is 6.92 Å². The topological polar surface area (TPSA) is 44.0 Å². The number of aliphatic hydroxyl groups is 1. The molecule has 0 heterocycles. The van der Waals surface area contributed by atoms with Gasteiger partial charge in [-0.25, -0.2) is 0 Å². The van der Waals surface area contributed by atoms with Crippen molar-refractivity contribution in [2.75, 3.05) is 0 Å². The van der Waals surface area contributed by atoms with Crippen molar-refractivity contribution in [3.8, 4) is 6.07 Å². The number of allylic oxidation sites excluding steroid dienone is 1. The van der Waals surface area contributed by atoms with E-state index in [0.29, 0.717) is 6.42 Å². The number of nitrogens with zero attached hydrogens (tertiary/aromatic N) is 1. The molecule has 0 saturated heterocycles. The van der Waals surface area contributed by atoms with E-state index >= 15 is 0 Å². The lowest BCUT2D eigenvalue weighted by Crippen LogP contribution is -1.97. The first kappa shape index (κ1) is 7.19. The van der Waals surface area contributed by atoms with Crippen molar-refractivity contribution in [2.24, 2.45) is 0 Å². The van der Waals surface area contributed by atoms with Gasteiger partial charge in [0, 0.05) is 6.08 Å². The first-order valence-electron chi connectivity index (χ1n) is 2.55. The van der Waals surface area contributed by atoms with E-state index < -0.39 is 6.10 Å². The maximum absolute atomic E-state index is 8.75. The largest absolute Gasteiger partial charge is 0.389 e. The van der Waals surface area contributed by atoms with Gasteiger partial charge in [0.05, 0.1) is 12.2 Å². The molecule has 0 aromatic heterocycles. The first-order chi connectivity index (χ1) is 3.81. The normalized spacial score (nSPS) is 13.6. The third-order valence-corrected chi connectivity index (χ3v) is 0.811. The number of hydrogen-bond acceptors (Lipinski definition) is 2. The summed E-state index contributed by atoms with van der Waals surface area (Å²) < 4.78 is 0. The van der Waals surface area contributed by atoms with Crippen molar-refractivity contribution >= 4 is 0 Å². The Bertz CT molecular complexity index is 112. The molecule has 0 fully saturated rings. The monoisotopic (exact) mass is 111 g/mol. The van der Waals surface area contributed by atoms with Crippen LogP contribution >= 0.6 is 0 Å². The maximum atomic E-state index is 8.75. The standard InChI is InChI=1S/C6H9NO/c1-2-6(8)4-3-5-7/h3-4,6,8H,2H2,1H3/b4-3+/t6-/m0/s1. The number of aliphatic hydroxyl groups excluding tert-OH is 1. The lowest BCUT2D eigenvalue weighted by molar-refractivity contribution is 0.219. The van der Waals surface area contributed by atoms with Crippen LogP contribution in [0.4, 0.5) is 0 Å². The highest BCUT2D eigenvalue weighted by Crippen LogP contribution is 1.89. The zero-order valence-corrected chi connectivity index (χ0v) is 4.83. The minimum Gasteiger partial charge on any atom is -0.389 e. The number of rotatable bonds is 2. The van der Waals surface area contributed by atoms with Crippen molar-refractivity contribution < 1.29 is 5.11 Å². The predicted octanol–water partition coefficient (Wildman–Crippen LogP) is 0.837. The lowest BCUT2D eigenvalue weighted by atomic mass is 10.3. The average Bonchev–Trinajstić information content (AvgIpc) is 1.83. The minimum atomic E-state index is -0.449. The van der Waals surface area contributed by atoms with E-state index in [1.165, 1.54) is 12.2 Å². The van der Waals surface area contributed by atoms with E-state index in [4.69, 9.17) is 10.4 Å². The molecule has 0 radical (unpaired) electrons. The first-order valence-corrected chi connectivity index (χ1v) is 2.55. The molecule has 1 atom stereocenters. The molecule has 1 N–H and O–H groups in total. The number of nitriles is 1. The SMILES string of the molecule is CC[C@H](O)/C=C/C#N. The van der Waals surface area contributed by atoms with E-state index in [1.54, 1.807) is 6.07 Å². The molecule has 8 heavy (non-hydrogen) atoms. The van der Waals surface area contributed by atoms with Crippen LogP contribution in [-0.2, 0) is 0 Å². The summed E-state index contributed by atoms with van der Waals surface area (Å²) in [4.78, 5) is 0. The second kappa shape index (κ2) is 4.35. The molecule has 44 valence electrons. The van der Waals surface area contributed by atoms with Gasteiger partial charge in [0.2, 0.25) is 0 Å². The minimum absolute atomic E-state index is 0.449. The van der Waals surface area contributed by atoms with Crippen molar-refractivity contribution in [1.29, 1.82) is 5.26 Å². The predicted molar refractivity (Wildman–Crippen MR) is 31.1 cm³/mol. The van der Waals surface area contributed by atoms with Crippen LogP contribution in [0.5, 0.6) is 0 Å². The van der Waals surface area contributed by atoms with Crippen LogP contribution in [0.25, 0.3) is 0 Å². The summed E-state index contributed by atoms with van der Waals surface area (Å²) in [6.45, 7) is 1.85. The highest BCUT2D eigenvalue weighted by atomic mass is 16.3. The molecule has 0 amide bonds. The van der Waals surface area contributed by atoms with Gasteiger partial charge in [-0.1, -0.05) is 6.92 Å². The Kier molecular flexibility index (Phi) is 3.91. The molecule has 0 aromatic rings. The average molecular weight is 111 g/mol. The highest BCUT2D eigenvalue weighted by Gasteiger charge is 1.89. The van der Waals surface area contributed by atoms with Gasteiger partial charge in [0.15, 0.2) is 0 Å². The second-order valence-corrected chi connectivity index (χ2v) is 1.46. The molecule has 0 aliphatic rings. The highest BCUT2D eigenvalue weighted by molar-refractivity contribution is 5.03. The third kappa shape index (κ3) is 3.38. The molecule has 0 aliphatic heterocycles. The Morgan fingerprint density at radius 1 is 1.88 bits per heavy atom. The van der Waals surface area contributed by atoms with Crippen LogP contribution in [0.3, 0.4) is 0 Å². The quantitative estimate of drug-likeness (QED) is 0.536. The summed E-state index contributed by atoms with van der Waals surface area (Å²) in [6, 6.07) is 1.79. The zero-order valence-electron chi connectivity index (χ0n) is 4.83. The van der Waals surface area contributed by atoms with Crippen LogP contribution in [0, 0.1) is 11.3 Å². The molecular formula is C6H9NO. The summed E-state index contributed by atoms with van der Waals surface area (Å²) in [5.74, 6) is 0. The summed E-state index contributed by atoms with van der Waals surface area (Å²) in [5, 5.41) is 16.7. The Hall–Kier alpha value is -0.810. The maximum Gasteiger partial charge on any atom is 0.0909 e. The fraction of sp³-hybridized carbons (Fsp3) is 0.500. The molecular weight excluding hydrogens is 102 g/mol. The van der Waals surface area contributed by atoms with Crippen molar-refractivity contribution in [3.63, 3.8) is 0 Å². The molecule has 0 spiro atoms. The van der Waals surface area contributed by atoms with Gasteiger partial charge >= 0.3 is 0 Å². The van der Waals surface area contributed by atoms with Crippen LogP contribution in [0.2, 0.25) is 0 Å². The summed E-state index contributed by atoms with van der Waals surface area (Å²) in [6.07, 6.45) is 2.97. The molecule has 0 aromatic carbocycles. The van der Waals surface area contributed by atoms with Crippen molar-refractivity contribution in [1.82, 2.24) is 0 Å². The van der Waals surface area contributed by atoms with E-state index in [0.717, 1.165) is 0 Å². The molecule has 0 unspecified atom stereocenters. The Labute approximate surface area is 49.1 Å². The molecule has 2 nitrogen and oxygen atoms in total. The molecule has 0 aliphatic carbocycles. The van der Waals surface area contributed by atoms with Gasteiger partial charge in [-0.05, 0) is 12.5 Å². The molecule has 2 heteroatoms. The Morgan fingerprint density at radius 2 is 2.50 bits per heavy atom. The van der Waals surface area contributed by atoms with E-state index in [9.17, 15) is 0 Å². The van der Waals surface area contributed by atoms with Crippen molar-refractivity contribution in [2.45, 2.75) is 19.4 Å². The van der Waals surface area contributed by atoms with Crippen LogP contribution in [0.15, 0.2) is 12.2 Å². The lowest BCUT2D eigenvalue weighted by Gasteiger charge is -1.94. The van der Waals surface area contributed by atoms with Crippen molar-refractivity contribution in [3.05, 3.63) is 12.2 Å². The van der Waals surface area contributed by atoms with E-state index in [-0.39, 0.29) is 0 Å². The van der Waals surface area contributed by atoms with Gasteiger partial charge in [0.25, 0.3) is 0 Å². The molecule has 0 saturated carbocycles. The number of hydrogen-bond donors (Lipinski definition) is 1. The van der Waals surface area contributed by atoms with Crippen LogP contribution < -0.4 is 0 Å².